The Morgan fingerprint density at radius 1 is 0.285 bits per heavy atom. The number of anilines is 6. The Bertz CT molecular complexity index is 5470. The Morgan fingerprint density at radius 2 is 0.533 bits per heavy atom. The zero-order chi connectivity index (χ0) is 101. The molecule has 0 heterocycles. The van der Waals surface area contributed by atoms with Crippen molar-refractivity contribution in [1.82, 2.24) is 0 Å². The minimum atomic E-state index is -1.08. The number of carbonyl (C=O) groups excluding carboxylic acids is 6. The third-order valence-electron chi connectivity index (χ3n) is 19.0. The summed E-state index contributed by atoms with van der Waals surface area (Å²) in [4.78, 5) is 68.7. The molecule has 30 nitrogen and oxygen atoms in total. The molecule has 726 valence electrons. The summed E-state index contributed by atoms with van der Waals surface area (Å²) in [7, 11) is 6.85. The third-order valence-corrected chi connectivity index (χ3v) is 21.1. The fourth-order valence-electron chi connectivity index (χ4n) is 11.8. The molecule has 12 rings (SSSR count). The Morgan fingerprint density at radius 3 is 0.883 bits per heavy atom. The zero-order valence-corrected chi connectivity index (χ0v) is 80.1. The van der Waals surface area contributed by atoms with E-state index < -0.39 is 77.3 Å². The van der Waals surface area contributed by atoms with E-state index in [-0.39, 0.29) is 124 Å². The summed E-state index contributed by atoms with van der Waals surface area (Å²) in [5.41, 5.74) is 8.49. The quantitative estimate of drug-likeness (QED) is 0.0108. The summed E-state index contributed by atoms with van der Waals surface area (Å²) in [5.74, 6) is -3.31. The molecule has 40 heteroatoms. The molecule has 0 fully saturated rings. The maximum Gasteiger partial charge on any atom is 0.438 e. The summed E-state index contributed by atoms with van der Waals surface area (Å²) < 4.78 is 157. The van der Waals surface area contributed by atoms with Crippen molar-refractivity contribution in [1.29, 1.82) is 0 Å². The van der Waals surface area contributed by atoms with Gasteiger partial charge in [0, 0.05) is 40.9 Å². The summed E-state index contributed by atoms with van der Waals surface area (Å²) in [6.45, 7) is 11.8. The molecule has 0 aliphatic carbocycles. The van der Waals surface area contributed by atoms with Gasteiger partial charge in [-0.05, 0) is 243 Å². The number of carbonyl (C=O) groups is 6. The lowest BCUT2D eigenvalue weighted by Gasteiger charge is -2.19. The van der Waals surface area contributed by atoms with Crippen LogP contribution in [0, 0.1) is 92.8 Å². The highest BCUT2D eigenvalue weighted by atomic mass is 127. The highest BCUT2D eigenvalue weighted by Crippen LogP contribution is 2.36. The number of hydroxylamine groups is 6. The van der Waals surface area contributed by atoms with Gasteiger partial charge in [-0.3, -0.25) is 31.2 Å². The summed E-state index contributed by atoms with van der Waals surface area (Å²) in [6, 6.07) is 57.3. The molecule has 0 aliphatic rings. The molecule has 0 aliphatic heterocycles. The van der Waals surface area contributed by atoms with E-state index in [1.165, 1.54) is 104 Å². The number of benzene rings is 12. The molecule has 0 spiro atoms. The molecule has 0 radical (unpaired) electrons. The van der Waals surface area contributed by atoms with E-state index in [0.29, 0.717) is 63.2 Å². The first-order chi connectivity index (χ1) is 65.2. The Kier molecular flexibility index (Phi) is 43.1. The van der Waals surface area contributed by atoms with Crippen LogP contribution < -0.4 is 58.8 Å². The van der Waals surface area contributed by atoms with Gasteiger partial charge in [-0.25, -0.2) is 59.5 Å². The van der Waals surface area contributed by atoms with Crippen LogP contribution in [-0.4, -0.2) is 110 Å². The van der Waals surface area contributed by atoms with Gasteiger partial charge in [0.2, 0.25) is 0 Å². The van der Waals surface area contributed by atoms with Gasteiger partial charge in [0.05, 0.1) is 82.3 Å². The zero-order valence-electron chi connectivity index (χ0n) is 75.6. The molecule has 6 amide bonds. The largest absolute Gasteiger partial charge is 0.486 e. The van der Waals surface area contributed by atoms with Crippen molar-refractivity contribution in [3.8, 4) is 34.5 Å². The van der Waals surface area contributed by atoms with Crippen molar-refractivity contribution in [2.45, 2.75) is 88.1 Å². The van der Waals surface area contributed by atoms with E-state index in [1.807, 2.05) is 22.6 Å². The fourth-order valence-corrected chi connectivity index (χ4v) is 13.2. The number of hydrogen-bond acceptors (Lipinski definition) is 24. The summed E-state index contributed by atoms with van der Waals surface area (Å²) in [5, 5.41) is 61.4. The molecule has 6 N–H and O–H groups in total. The Hall–Kier alpha value is -14.2. The van der Waals surface area contributed by atoms with Crippen molar-refractivity contribution >= 4 is 121 Å². The smallest absolute Gasteiger partial charge is 0.438 e. The minimum absolute atomic E-state index is 0.00393. The third kappa shape index (κ3) is 31.7. The number of halogens is 10. The lowest BCUT2D eigenvalue weighted by molar-refractivity contribution is 0.140. The number of aryl methyl sites for hydroxylation is 7. The lowest BCUT2D eigenvalue weighted by atomic mass is 10.1. The molecule has 12 aromatic carbocycles. The van der Waals surface area contributed by atoms with Crippen molar-refractivity contribution in [3.63, 3.8) is 0 Å². The normalized spacial score (nSPS) is 10.3. The summed E-state index contributed by atoms with van der Waals surface area (Å²) >= 11 is 11.5. The minimum Gasteiger partial charge on any atom is -0.486 e. The van der Waals surface area contributed by atoms with Crippen LogP contribution in [0.2, 0.25) is 5.02 Å². The first-order valence-corrected chi connectivity index (χ1v) is 42.5. The van der Waals surface area contributed by atoms with Gasteiger partial charge >= 0.3 is 36.6 Å². The average molecular weight is 2100 g/mol. The number of methoxy groups -OCH3 is 6. The molecular weight excluding hydrogens is 2010 g/mol. The van der Waals surface area contributed by atoms with Gasteiger partial charge in [-0.15, -0.1) is 0 Å². The first-order valence-electron chi connectivity index (χ1n) is 40.2. The van der Waals surface area contributed by atoms with Crippen LogP contribution in [0.15, 0.2) is 229 Å². The van der Waals surface area contributed by atoms with E-state index >= 15 is 0 Å². The van der Waals surface area contributed by atoms with Crippen LogP contribution >= 0.6 is 50.1 Å². The van der Waals surface area contributed by atoms with Gasteiger partial charge in [0.15, 0.2) is 69.4 Å². The second-order valence-electron chi connectivity index (χ2n) is 28.7. The molecule has 12 aromatic rings. The Labute approximate surface area is 809 Å². The van der Waals surface area contributed by atoms with Gasteiger partial charge in [0.25, 0.3) is 0 Å². The molecule has 137 heavy (non-hydrogen) atoms. The van der Waals surface area contributed by atoms with Gasteiger partial charge in [-0.1, -0.05) is 119 Å². The molecule has 0 saturated carbocycles. The number of hydrogen-bond donors (Lipinski definition) is 6. The monoisotopic (exact) mass is 2100 g/mol. The second kappa shape index (κ2) is 53.8. The predicted octanol–water partition coefficient (Wildman–Crippen LogP) is 24.5. The van der Waals surface area contributed by atoms with Gasteiger partial charge in [-0.2, -0.15) is 30.4 Å². The van der Waals surface area contributed by atoms with E-state index in [2.05, 4.69) is 44.4 Å². The number of nitrogens with zero attached hydrogens (tertiary/aromatic N) is 6. The van der Waals surface area contributed by atoms with Crippen molar-refractivity contribution < 1.29 is 148 Å². The number of ether oxygens (including phenoxy) is 12. The predicted molar refractivity (Wildman–Crippen MR) is 502 cm³/mol. The lowest BCUT2D eigenvalue weighted by Crippen LogP contribution is -2.28. The summed E-state index contributed by atoms with van der Waals surface area (Å²) in [6.07, 6.45) is -5.76. The number of amides is 6. The van der Waals surface area contributed by atoms with Crippen LogP contribution in [-0.2, 0) is 68.1 Å². The molecule has 0 unspecified atom stereocenters. The number of para-hydroxylation sites is 1. The standard InChI is InChI=1S/C17H18FNO4.C16H15BrFNO4.C16H15ClFNO4.C16H15F2NO4.C16H15FINO4.C16H16FNO4/c1-11-7-8-16(14(18)9-11)23-10-13-12(2)5-4-6-15(13)19(21)17(20)22-3;3*1-10-6-7-15(13(18)8-10)23-9-11-12(17)4-3-5-14(11)19(21)16(20)22-2;1-10-6-7-15(12(17)8-10)23-9-11-13(18)4-3-5-14(11)19(21)16(20)22-2;1-11-7-8-15(13(17)9-11)22-10-12-5-3-4-6-14(12)18(20)16(19)21-2/h4-9,21H,10H2,1-3H3;4*3-8,21H,9H2,1-2H3;3-9,20H,10H2,1-2H3. The first kappa shape index (κ1) is 110. The van der Waals surface area contributed by atoms with Crippen LogP contribution in [0.1, 0.15) is 72.3 Å². The molecule has 0 bridgehead atoms. The maximum atomic E-state index is 14.0. The molecule has 0 aromatic heterocycles. The van der Waals surface area contributed by atoms with Gasteiger partial charge < -0.3 is 56.8 Å². The average Bonchev–Trinajstić information content (AvgIpc) is 0.802. The molecule has 0 atom stereocenters. The van der Waals surface area contributed by atoms with Crippen LogP contribution in [0.5, 0.6) is 34.5 Å². The fraction of sp³-hybridized carbons (Fsp3) is 0.196. The topological polar surface area (TPSA) is 354 Å². The number of rotatable bonds is 24. The van der Waals surface area contributed by atoms with E-state index in [4.69, 9.17) is 40.0 Å². The molecule has 0 saturated heterocycles. The van der Waals surface area contributed by atoms with Crippen molar-refractivity contribution in [2.75, 3.05) is 73.0 Å². The van der Waals surface area contributed by atoms with E-state index in [0.717, 1.165) is 78.6 Å². The van der Waals surface area contributed by atoms with Crippen LogP contribution in [0.4, 0.5) is 93.6 Å². The van der Waals surface area contributed by atoms with E-state index in [1.54, 1.807) is 170 Å². The van der Waals surface area contributed by atoms with Crippen molar-refractivity contribution in [3.05, 3.63) is 351 Å². The highest BCUT2D eigenvalue weighted by molar-refractivity contribution is 14.1. The van der Waals surface area contributed by atoms with Crippen LogP contribution in [0.25, 0.3) is 0 Å². The SMILES string of the molecule is COC(=O)N(O)c1cccc(Br)c1COc1ccc(C)cc1F.COC(=O)N(O)c1cccc(C)c1COc1ccc(C)cc1F.COC(=O)N(O)c1cccc(Cl)c1COc1ccc(C)cc1F.COC(=O)N(O)c1cccc(F)c1COc1ccc(C)cc1F.COC(=O)N(O)c1cccc(I)c1COc1ccc(C)cc1F.COC(=O)N(O)c1ccccc1COc1ccc(C)cc1F. The van der Waals surface area contributed by atoms with Crippen molar-refractivity contribution in [2.24, 2.45) is 0 Å². The second-order valence-corrected chi connectivity index (χ2v) is 31.1. The Balaban J connectivity index is 0.000000224. The maximum absolute atomic E-state index is 14.0. The molecular formula is C97H94BrClF7IN6O24. The van der Waals surface area contributed by atoms with Crippen LogP contribution in [0.3, 0.4) is 0 Å². The highest BCUT2D eigenvalue weighted by Gasteiger charge is 2.27. The van der Waals surface area contributed by atoms with Gasteiger partial charge in [0.1, 0.15) is 45.5 Å². The van der Waals surface area contributed by atoms with E-state index in [9.17, 15) is 90.7 Å².